The van der Waals surface area contributed by atoms with Gasteiger partial charge in [-0.2, -0.15) is 5.10 Å². The molecule has 0 unspecified atom stereocenters. The van der Waals surface area contributed by atoms with Gasteiger partial charge in [0.1, 0.15) is 0 Å². The Hall–Kier alpha value is -3.45. The highest BCUT2D eigenvalue weighted by Crippen LogP contribution is 2.29. The van der Waals surface area contributed by atoms with Crippen molar-refractivity contribution in [2.75, 3.05) is 12.5 Å². The molecule has 0 saturated carbocycles. The summed E-state index contributed by atoms with van der Waals surface area (Å²) < 4.78 is 6.11. The van der Waals surface area contributed by atoms with Crippen molar-refractivity contribution in [2.45, 2.75) is 0 Å². The van der Waals surface area contributed by atoms with Gasteiger partial charge in [0.15, 0.2) is 23.1 Å². The highest BCUT2D eigenvalue weighted by Gasteiger charge is 2.09. The van der Waals surface area contributed by atoms with Gasteiger partial charge < -0.3 is 9.84 Å². The first-order valence-corrected chi connectivity index (χ1v) is 9.63. The second kappa shape index (κ2) is 8.28. The van der Waals surface area contributed by atoms with E-state index in [0.29, 0.717) is 23.0 Å². The second-order valence-corrected chi connectivity index (χ2v) is 7.10. The van der Waals surface area contributed by atoms with E-state index in [-0.39, 0.29) is 5.75 Å². The lowest BCUT2D eigenvalue weighted by Crippen LogP contribution is -1.99. The number of phenolic OH excluding ortho intramolecular Hbond substituents is 1. The number of hydrogen-bond donors (Lipinski definition) is 2. The molecule has 0 amide bonds. The number of para-hydroxylation sites is 2. The fourth-order valence-corrected chi connectivity index (χ4v) is 3.13. The number of methoxy groups -OCH3 is 1. The van der Waals surface area contributed by atoms with Gasteiger partial charge in [0, 0.05) is 21.0 Å². The quantitative estimate of drug-likeness (QED) is 0.323. The van der Waals surface area contributed by atoms with Crippen LogP contribution in [0.4, 0.5) is 5.82 Å². The zero-order valence-electron chi connectivity index (χ0n) is 15.5. The molecule has 1 aromatic heterocycles. The monoisotopic (exact) mass is 448 g/mol. The molecular formula is C22H17BrN4O2. The van der Waals surface area contributed by atoms with Crippen LogP contribution in [0, 0.1) is 0 Å². The first kappa shape index (κ1) is 18.9. The van der Waals surface area contributed by atoms with Gasteiger partial charge >= 0.3 is 0 Å². The summed E-state index contributed by atoms with van der Waals surface area (Å²) in [6.07, 6.45) is 1.52. The highest BCUT2D eigenvalue weighted by molar-refractivity contribution is 9.10. The fourth-order valence-electron chi connectivity index (χ4n) is 2.86. The van der Waals surface area contributed by atoms with E-state index in [1.165, 1.54) is 13.3 Å². The Balaban J connectivity index is 1.70. The average molecular weight is 449 g/mol. The van der Waals surface area contributed by atoms with Crippen molar-refractivity contribution < 1.29 is 9.84 Å². The SMILES string of the molecule is COc1cccc(C=NNc2nc(-c3ccc(Br)cc3)nc3ccccc23)c1O. The molecule has 0 spiro atoms. The van der Waals surface area contributed by atoms with E-state index in [9.17, 15) is 5.11 Å². The lowest BCUT2D eigenvalue weighted by atomic mass is 10.2. The molecule has 0 saturated heterocycles. The molecule has 0 fully saturated rings. The number of hydrogen-bond acceptors (Lipinski definition) is 6. The van der Waals surface area contributed by atoms with Crippen LogP contribution in [0.3, 0.4) is 0 Å². The number of hydrazone groups is 1. The number of rotatable bonds is 5. The molecule has 7 heteroatoms. The Morgan fingerprint density at radius 2 is 1.79 bits per heavy atom. The zero-order chi connectivity index (χ0) is 20.2. The van der Waals surface area contributed by atoms with Crippen LogP contribution in [0.5, 0.6) is 11.5 Å². The van der Waals surface area contributed by atoms with Gasteiger partial charge in [0.05, 0.1) is 18.8 Å². The predicted octanol–water partition coefficient (Wildman–Crippen LogP) is 5.22. The van der Waals surface area contributed by atoms with E-state index in [2.05, 4.69) is 36.4 Å². The van der Waals surface area contributed by atoms with Crippen LogP contribution in [0.25, 0.3) is 22.3 Å². The van der Waals surface area contributed by atoms with Gasteiger partial charge in [0.25, 0.3) is 0 Å². The Labute approximate surface area is 176 Å². The Morgan fingerprint density at radius 1 is 1.00 bits per heavy atom. The van der Waals surface area contributed by atoms with Crippen molar-refractivity contribution in [2.24, 2.45) is 5.10 Å². The van der Waals surface area contributed by atoms with Gasteiger partial charge in [-0.25, -0.2) is 9.97 Å². The third kappa shape index (κ3) is 4.05. The van der Waals surface area contributed by atoms with Gasteiger partial charge in [0.2, 0.25) is 0 Å². The molecule has 0 aliphatic carbocycles. The van der Waals surface area contributed by atoms with Crippen LogP contribution in [0.2, 0.25) is 0 Å². The normalized spacial score (nSPS) is 11.1. The van der Waals surface area contributed by atoms with Crippen molar-refractivity contribution in [3.05, 3.63) is 76.8 Å². The van der Waals surface area contributed by atoms with Crippen molar-refractivity contribution in [3.8, 4) is 22.9 Å². The predicted molar refractivity (Wildman–Crippen MR) is 119 cm³/mol. The Morgan fingerprint density at radius 3 is 2.59 bits per heavy atom. The molecule has 29 heavy (non-hydrogen) atoms. The molecule has 4 rings (SSSR count). The van der Waals surface area contributed by atoms with Crippen molar-refractivity contribution in [3.63, 3.8) is 0 Å². The van der Waals surface area contributed by atoms with E-state index >= 15 is 0 Å². The highest BCUT2D eigenvalue weighted by atomic mass is 79.9. The molecule has 0 aliphatic rings. The maximum atomic E-state index is 10.2. The van der Waals surface area contributed by atoms with Gasteiger partial charge in [-0.1, -0.05) is 46.3 Å². The third-order valence-electron chi connectivity index (χ3n) is 4.33. The van der Waals surface area contributed by atoms with E-state index in [1.807, 2.05) is 48.5 Å². The standard InChI is InChI=1S/C22H17BrN4O2/c1-29-19-8-4-5-15(20(19)28)13-24-27-22-17-6-2-3-7-18(17)25-21(26-22)14-9-11-16(23)12-10-14/h2-13,28H,1H3,(H,25,26,27). The van der Waals surface area contributed by atoms with E-state index in [0.717, 1.165) is 20.9 Å². The lowest BCUT2D eigenvalue weighted by molar-refractivity contribution is 0.373. The van der Waals surface area contributed by atoms with E-state index in [4.69, 9.17) is 4.74 Å². The molecule has 4 aromatic rings. The zero-order valence-corrected chi connectivity index (χ0v) is 17.1. The number of ether oxygens (including phenoxy) is 1. The van der Waals surface area contributed by atoms with Crippen molar-refractivity contribution in [1.82, 2.24) is 9.97 Å². The van der Waals surface area contributed by atoms with Gasteiger partial charge in [-0.15, -0.1) is 0 Å². The third-order valence-corrected chi connectivity index (χ3v) is 4.86. The number of aromatic nitrogens is 2. The second-order valence-electron chi connectivity index (χ2n) is 6.19. The number of anilines is 1. The minimum Gasteiger partial charge on any atom is -0.504 e. The molecule has 0 bridgehead atoms. The molecule has 0 aliphatic heterocycles. The molecule has 2 N–H and O–H groups in total. The van der Waals surface area contributed by atoms with Crippen LogP contribution in [0.1, 0.15) is 5.56 Å². The van der Waals surface area contributed by atoms with Crippen molar-refractivity contribution in [1.29, 1.82) is 0 Å². The number of fused-ring (bicyclic) bond motifs is 1. The number of nitrogens with zero attached hydrogens (tertiary/aromatic N) is 3. The lowest BCUT2D eigenvalue weighted by Gasteiger charge is -2.09. The average Bonchev–Trinajstić information content (AvgIpc) is 2.75. The molecular weight excluding hydrogens is 432 g/mol. The van der Waals surface area contributed by atoms with Crippen LogP contribution in [0.15, 0.2) is 76.3 Å². The Kier molecular flexibility index (Phi) is 5.39. The summed E-state index contributed by atoms with van der Waals surface area (Å²) in [7, 11) is 1.50. The molecule has 0 atom stereocenters. The Bertz CT molecular complexity index is 1190. The topological polar surface area (TPSA) is 79.6 Å². The fraction of sp³-hybridized carbons (Fsp3) is 0.0455. The van der Waals surface area contributed by atoms with Crippen molar-refractivity contribution >= 4 is 38.9 Å². The molecule has 3 aromatic carbocycles. The smallest absolute Gasteiger partial charge is 0.166 e. The summed E-state index contributed by atoms with van der Waals surface area (Å²) >= 11 is 3.44. The largest absolute Gasteiger partial charge is 0.504 e. The first-order chi connectivity index (χ1) is 14.2. The summed E-state index contributed by atoms with van der Waals surface area (Å²) in [6, 6.07) is 20.7. The van der Waals surface area contributed by atoms with E-state index in [1.54, 1.807) is 18.2 Å². The van der Waals surface area contributed by atoms with Crippen LogP contribution in [-0.4, -0.2) is 28.4 Å². The number of aromatic hydroxyl groups is 1. The van der Waals surface area contributed by atoms with Crippen LogP contribution < -0.4 is 10.2 Å². The van der Waals surface area contributed by atoms with Crippen LogP contribution in [-0.2, 0) is 0 Å². The summed E-state index contributed by atoms with van der Waals surface area (Å²) in [6.45, 7) is 0. The first-order valence-electron chi connectivity index (χ1n) is 8.83. The molecule has 144 valence electrons. The minimum atomic E-state index is 0.0312. The van der Waals surface area contributed by atoms with E-state index < -0.39 is 0 Å². The minimum absolute atomic E-state index is 0.0312. The number of nitrogens with one attached hydrogen (secondary N) is 1. The van der Waals surface area contributed by atoms with Gasteiger partial charge in [-0.05, 0) is 36.4 Å². The molecule has 1 heterocycles. The maximum absolute atomic E-state index is 10.2. The number of benzene rings is 3. The summed E-state index contributed by atoms with van der Waals surface area (Å²) in [5.74, 6) is 1.59. The maximum Gasteiger partial charge on any atom is 0.166 e. The van der Waals surface area contributed by atoms with Crippen LogP contribution >= 0.6 is 15.9 Å². The summed E-state index contributed by atoms with van der Waals surface area (Å²) in [4.78, 5) is 9.31. The summed E-state index contributed by atoms with van der Waals surface area (Å²) in [5, 5.41) is 15.3. The summed E-state index contributed by atoms with van der Waals surface area (Å²) in [5.41, 5.74) is 5.22. The number of phenols is 1. The number of halogens is 1. The molecule has 6 nitrogen and oxygen atoms in total. The molecule has 0 radical (unpaired) electrons. The van der Waals surface area contributed by atoms with Gasteiger partial charge in [-0.3, -0.25) is 5.43 Å².